The summed E-state index contributed by atoms with van der Waals surface area (Å²) in [4.78, 5) is 26.5. The minimum atomic E-state index is -0.552. The summed E-state index contributed by atoms with van der Waals surface area (Å²) in [5.41, 5.74) is 7.57. The molecule has 29 heavy (non-hydrogen) atoms. The fourth-order valence-electron chi connectivity index (χ4n) is 4.62. The predicted octanol–water partition coefficient (Wildman–Crippen LogP) is 3.02. The molecule has 1 saturated heterocycles. The first kappa shape index (κ1) is 19.7. The molecule has 1 aromatic heterocycles. The van der Waals surface area contributed by atoms with E-state index in [1.165, 1.54) is 22.9 Å². The Balaban J connectivity index is 1.56. The van der Waals surface area contributed by atoms with Gasteiger partial charge in [-0.3, -0.25) is 14.3 Å². The Labute approximate surface area is 173 Å². The van der Waals surface area contributed by atoms with Crippen LogP contribution in [0, 0.1) is 17.7 Å². The molecule has 7 nitrogen and oxygen atoms in total. The third kappa shape index (κ3) is 3.57. The van der Waals surface area contributed by atoms with Gasteiger partial charge in [0.2, 0.25) is 5.91 Å². The molecule has 2 amide bonds. The van der Waals surface area contributed by atoms with E-state index in [-0.39, 0.29) is 22.7 Å². The van der Waals surface area contributed by atoms with Gasteiger partial charge in [0.25, 0.3) is 5.91 Å². The summed E-state index contributed by atoms with van der Waals surface area (Å²) < 4.78 is 14.9. The summed E-state index contributed by atoms with van der Waals surface area (Å²) in [6, 6.07) is 4.00. The van der Waals surface area contributed by atoms with Gasteiger partial charge in [-0.05, 0) is 42.9 Å². The highest BCUT2D eigenvalue weighted by Crippen LogP contribution is 2.47. The number of likely N-dealkylation sites (tertiary alicyclic amines) is 1. The van der Waals surface area contributed by atoms with E-state index in [4.69, 9.17) is 17.3 Å². The van der Waals surface area contributed by atoms with Crippen molar-refractivity contribution >= 4 is 34.9 Å². The molecule has 2 fully saturated rings. The van der Waals surface area contributed by atoms with Crippen molar-refractivity contribution in [3.05, 3.63) is 40.3 Å². The number of nitrogens with zero attached hydrogens (tertiary/aromatic N) is 3. The van der Waals surface area contributed by atoms with E-state index in [2.05, 4.69) is 10.4 Å². The van der Waals surface area contributed by atoms with E-state index in [9.17, 15) is 14.0 Å². The van der Waals surface area contributed by atoms with Gasteiger partial charge in [-0.15, -0.1) is 0 Å². The lowest BCUT2D eigenvalue weighted by atomic mass is 9.97. The first-order chi connectivity index (χ1) is 13.7. The Hall–Kier alpha value is -2.61. The molecule has 2 unspecified atom stereocenters. The minimum Gasteiger partial charge on any atom is -0.383 e. The van der Waals surface area contributed by atoms with Crippen LogP contribution in [-0.2, 0) is 11.8 Å². The number of hydrogen-bond acceptors (Lipinski definition) is 4. The van der Waals surface area contributed by atoms with Crippen LogP contribution in [0.25, 0.3) is 0 Å². The van der Waals surface area contributed by atoms with Crippen molar-refractivity contribution < 1.29 is 14.0 Å². The van der Waals surface area contributed by atoms with Gasteiger partial charge in [0.15, 0.2) is 0 Å². The first-order valence-electron chi connectivity index (χ1n) is 9.58. The van der Waals surface area contributed by atoms with Crippen molar-refractivity contribution in [2.24, 2.45) is 18.9 Å². The van der Waals surface area contributed by atoms with E-state index < -0.39 is 11.7 Å². The molecule has 1 aromatic carbocycles. The van der Waals surface area contributed by atoms with Crippen LogP contribution in [0.5, 0.6) is 0 Å². The molecule has 0 spiro atoms. The Morgan fingerprint density at radius 3 is 2.52 bits per heavy atom. The van der Waals surface area contributed by atoms with E-state index in [0.29, 0.717) is 28.8 Å². The molecule has 0 radical (unpaired) electrons. The van der Waals surface area contributed by atoms with Crippen molar-refractivity contribution in [1.82, 2.24) is 14.7 Å². The summed E-state index contributed by atoms with van der Waals surface area (Å²) in [5.74, 6) is 0.390. The van der Waals surface area contributed by atoms with Crippen LogP contribution in [0.15, 0.2) is 18.2 Å². The number of benzene rings is 1. The van der Waals surface area contributed by atoms with Gasteiger partial charge in [-0.25, -0.2) is 4.39 Å². The van der Waals surface area contributed by atoms with Gasteiger partial charge in [0.1, 0.15) is 17.2 Å². The molecule has 2 aliphatic rings. The second-order valence-corrected chi connectivity index (χ2v) is 8.37. The Morgan fingerprint density at radius 2 is 1.93 bits per heavy atom. The van der Waals surface area contributed by atoms with Gasteiger partial charge >= 0.3 is 0 Å². The second-order valence-electron chi connectivity index (χ2n) is 7.96. The number of nitrogen functional groups attached to an aromatic ring is 1. The molecule has 2 aromatic rings. The lowest BCUT2D eigenvalue weighted by Gasteiger charge is -2.17. The average molecular weight is 420 g/mol. The summed E-state index contributed by atoms with van der Waals surface area (Å²) in [6.07, 6.45) is 1.74. The summed E-state index contributed by atoms with van der Waals surface area (Å²) >= 11 is 5.81. The molecule has 3 N–H and O–H groups in total. The van der Waals surface area contributed by atoms with Crippen molar-refractivity contribution in [2.75, 3.05) is 24.1 Å². The average Bonchev–Trinajstić information content (AvgIpc) is 3.30. The molecule has 2 heterocycles. The quantitative estimate of drug-likeness (QED) is 0.799. The lowest BCUT2D eigenvalue weighted by Crippen LogP contribution is -2.27. The van der Waals surface area contributed by atoms with Gasteiger partial charge in [-0.1, -0.05) is 11.6 Å². The highest BCUT2D eigenvalue weighted by molar-refractivity contribution is 6.31. The zero-order chi connectivity index (χ0) is 20.9. The molecule has 2 atom stereocenters. The molecule has 154 valence electrons. The van der Waals surface area contributed by atoms with E-state index in [1.807, 2.05) is 4.90 Å². The minimum absolute atomic E-state index is 0.0687. The number of rotatable bonds is 3. The summed E-state index contributed by atoms with van der Waals surface area (Å²) in [6.45, 7) is 3.12. The maximum absolute atomic E-state index is 13.4. The van der Waals surface area contributed by atoms with Crippen LogP contribution >= 0.6 is 11.6 Å². The van der Waals surface area contributed by atoms with Crippen molar-refractivity contribution in [3.63, 3.8) is 0 Å². The van der Waals surface area contributed by atoms with Crippen molar-refractivity contribution in [1.29, 1.82) is 0 Å². The van der Waals surface area contributed by atoms with E-state index >= 15 is 0 Å². The number of amides is 2. The lowest BCUT2D eigenvalue weighted by molar-refractivity contribution is -0.128. The Kier molecular flexibility index (Phi) is 4.98. The van der Waals surface area contributed by atoms with Crippen LogP contribution in [0.4, 0.5) is 15.9 Å². The number of hydrogen-bond donors (Lipinski definition) is 2. The third-order valence-electron chi connectivity index (χ3n) is 6.11. The van der Waals surface area contributed by atoms with Crippen LogP contribution < -0.4 is 11.1 Å². The SMILES string of the molecule is CC(=O)N1CC2CC(c3nn(C)c(N)c3C(=O)Nc3ccc(F)c(Cl)c3)CC2C1. The van der Waals surface area contributed by atoms with Crippen molar-refractivity contribution in [2.45, 2.75) is 25.7 Å². The number of anilines is 2. The number of carbonyl (C=O) groups is 2. The second kappa shape index (κ2) is 7.33. The van der Waals surface area contributed by atoms with Crippen LogP contribution in [0.3, 0.4) is 0 Å². The number of carbonyl (C=O) groups excluding carboxylic acids is 2. The van der Waals surface area contributed by atoms with E-state index in [1.54, 1.807) is 14.0 Å². The number of nitrogens with one attached hydrogen (secondary N) is 1. The highest BCUT2D eigenvalue weighted by atomic mass is 35.5. The first-order valence-corrected chi connectivity index (χ1v) is 9.96. The molecule has 4 rings (SSSR count). The topological polar surface area (TPSA) is 93.2 Å². The molecule has 9 heteroatoms. The number of aromatic nitrogens is 2. The fourth-order valence-corrected chi connectivity index (χ4v) is 4.81. The molecule has 1 aliphatic carbocycles. The maximum atomic E-state index is 13.4. The van der Waals surface area contributed by atoms with Gasteiger partial charge < -0.3 is 16.0 Å². The molecular weight excluding hydrogens is 397 g/mol. The summed E-state index contributed by atoms with van der Waals surface area (Å²) in [5, 5.41) is 7.20. The normalized spacial score (nSPS) is 23.3. The highest BCUT2D eigenvalue weighted by Gasteiger charge is 2.44. The standard InChI is InChI=1S/C20H23ClFN5O2/c1-10(28)27-8-12-5-11(6-13(12)9-27)18-17(19(23)26(2)25-18)20(29)24-14-3-4-16(22)15(21)7-14/h3-4,7,11-13H,5-6,8-9,23H2,1-2H3,(H,24,29). The smallest absolute Gasteiger partial charge is 0.261 e. The largest absolute Gasteiger partial charge is 0.383 e. The van der Waals surface area contributed by atoms with Crippen LogP contribution in [-0.4, -0.2) is 39.6 Å². The predicted molar refractivity (Wildman–Crippen MR) is 108 cm³/mol. The summed E-state index contributed by atoms with van der Waals surface area (Å²) in [7, 11) is 1.71. The molecule has 1 saturated carbocycles. The number of fused-ring (bicyclic) bond motifs is 1. The van der Waals surface area contributed by atoms with E-state index in [0.717, 1.165) is 25.9 Å². The van der Waals surface area contributed by atoms with Crippen LogP contribution in [0.2, 0.25) is 5.02 Å². The molecule has 0 bridgehead atoms. The van der Waals surface area contributed by atoms with Gasteiger partial charge in [0, 0.05) is 38.7 Å². The zero-order valence-electron chi connectivity index (χ0n) is 16.3. The monoisotopic (exact) mass is 419 g/mol. The maximum Gasteiger partial charge on any atom is 0.261 e. The van der Waals surface area contributed by atoms with Crippen molar-refractivity contribution in [3.8, 4) is 0 Å². The molecular formula is C20H23ClFN5O2. The number of aryl methyl sites for hydroxylation is 1. The van der Waals surface area contributed by atoms with Gasteiger partial charge in [0.05, 0.1) is 10.7 Å². The fraction of sp³-hybridized carbons (Fsp3) is 0.450. The molecule has 1 aliphatic heterocycles. The third-order valence-corrected chi connectivity index (χ3v) is 6.40. The number of halogens is 2. The zero-order valence-corrected chi connectivity index (χ0v) is 17.0. The Bertz CT molecular complexity index is 977. The Morgan fingerprint density at radius 1 is 1.28 bits per heavy atom. The number of nitrogens with two attached hydrogens (primary N) is 1. The van der Waals surface area contributed by atoms with Gasteiger partial charge in [-0.2, -0.15) is 5.10 Å². The van der Waals surface area contributed by atoms with Crippen LogP contribution in [0.1, 0.15) is 41.7 Å².